The Morgan fingerprint density at radius 3 is 2.46 bits per heavy atom. The van der Waals surface area contributed by atoms with Crippen LogP contribution < -0.4 is 0 Å². The van der Waals surface area contributed by atoms with E-state index in [2.05, 4.69) is 0 Å². The first kappa shape index (κ1) is 18.5. The molecule has 1 fully saturated rings. The standard InChI is InChI=1S/C19H17Cl2NO4/c20-16-7-6-13(8-17(16)21)14-9-22(10-15(14)18(23)24)19(25)26-11-12-4-2-1-3-5-12/h1-8,14-15H,9-11H2,(H,23,24)/t14-,15-/m1/s1. The average Bonchev–Trinajstić information content (AvgIpc) is 3.09. The number of rotatable bonds is 4. The zero-order chi connectivity index (χ0) is 18.7. The molecule has 136 valence electrons. The third-order valence-corrected chi connectivity index (χ3v) is 5.21. The molecule has 3 rings (SSSR count). The number of hydrogen-bond donors (Lipinski definition) is 1. The third-order valence-electron chi connectivity index (χ3n) is 4.47. The van der Waals surface area contributed by atoms with Crippen molar-refractivity contribution in [1.29, 1.82) is 0 Å². The second-order valence-electron chi connectivity index (χ2n) is 6.17. The Bertz CT molecular complexity index is 812. The largest absolute Gasteiger partial charge is 0.481 e. The maximum Gasteiger partial charge on any atom is 0.410 e. The Labute approximate surface area is 161 Å². The Balaban J connectivity index is 1.71. The summed E-state index contributed by atoms with van der Waals surface area (Å²) >= 11 is 12.0. The number of likely N-dealkylation sites (tertiary alicyclic amines) is 1. The van der Waals surface area contributed by atoms with Crippen LogP contribution >= 0.6 is 23.2 Å². The van der Waals surface area contributed by atoms with Gasteiger partial charge in [0.2, 0.25) is 0 Å². The van der Waals surface area contributed by atoms with Gasteiger partial charge in [-0.1, -0.05) is 59.6 Å². The number of benzene rings is 2. The molecule has 0 bridgehead atoms. The van der Waals surface area contributed by atoms with Gasteiger partial charge in [0.15, 0.2) is 0 Å². The fourth-order valence-corrected chi connectivity index (χ4v) is 3.40. The molecule has 0 spiro atoms. The molecule has 0 aliphatic carbocycles. The van der Waals surface area contributed by atoms with Crippen molar-refractivity contribution < 1.29 is 19.4 Å². The fourth-order valence-electron chi connectivity index (χ4n) is 3.09. The van der Waals surface area contributed by atoms with Gasteiger partial charge in [-0.2, -0.15) is 0 Å². The van der Waals surface area contributed by atoms with E-state index in [0.29, 0.717) is 10.0 Å². The molecule has 0 aromatic heterocycles. The molecule has 1 N–H and O–H groups in total. The number of aliphatic carboxylic acids is 1. The van der Waals surface area contributed by atoms with Crippen molar-refractivity contribution >= 4 is 35.3 Å². The highest BCUT2D eigenvalue weighted by atomic mass is 35.5. The van der Waals surface area contributed by atoms with Gasteiger partial charge in [0.05, 0.1) is 16.0 Å². The van der Waals surface area contributed by atoms with Crippen LogP contribution in [0.25, 0.3) is 0 Å². The highest BCUT2D eigenvalue weighted by Crippen LogP contribution is 2.36. The summed E-state index contributed by atoms with van der Waals surface area (Å²) < 4.78 is 5.31. The second-order valence-corrected chi connectivity index (χ2v) is 6.98. The lowest BCUT2D eigenvalue weighted by Crippen LogP contribution is -2.30. The fraction of sp³-hybridized carbons (Fsp3) is 0.263. The number of carboxylic acids is 1. The second kappa shape index (κ2) is 7.98. The van der Waals surface area contributed by atoms with E-state index in [1.54, 1.807) is 18.2 Å². The lowest BCUT2D eigenvalue weighted by Gasteiger charge is -2.17. The van der Waals surface area contributed by atoms with Crippen LogP contribution in [0.1, 0.15) is 17.0 Å². The summed E-state index contributed by atoms with van der Waals surface area (Å²) in [5.74, 6) is -2.05. The van der Waals surface area contributed by atoms with Gasteiger partial charge in [0.25, 0.3) is 0 Å². The van der Waals surface area contributed by atoms with Crippen molar-refractivity contribution in [2.24, 2.45) is 5.92 Å². The van der Waals surface area contributed by atoms with Crippen LogP contribution in [-0.4, -0.2) is 35.2 Å². The highest BCUT2D eigenvalue weighted by molar-refractivity contribution is 6.42. The molecule has 1 saturated heterocycles. The maximum atomic E-state index is 12.3. The maximum absolute atomic E-state index is 12.3. The predicted octanol–water partition coefficient (Wildman–Crippen LogP) is 4.43. The first-order valence-electron chi connectivity index (χ1n) is 8.09. The number of carboxylic acid groups (broad SMARTS) is 1. The monoisotopic (exact) mass is 393 g/mol. The number of nitrogens with zero attached hydrogens (tertiary/aromatic N) is 1. The van der Waals surface area contributed by atoms with Gasteiger partial charge in [0, 0.05) is 19.0 Å². The minimum Gasteiger partial charge on any atom is -0.481 e. The summed E-state index contributed by atoms with van der Waals surface area (Å²) in [5, 5.41) is 10.3. The number of halogens is 2. The molecule has 1 heterocycles. The molecule has 2 aromatic carbocycles. The minimum atomic E-state index is -0.959. The van der Waals surface area contributed by atoms with E-state index in [1.807, 2.05) is 30.3 Å². The third kappa shape index (κ3) is 4.11. The van der Waals surface area contributed by atoms with E-state index in [0.717, 1.165) is 11.1 Å². The molecule has 2 aromatic rings. The summed E-state index contributed by atoms with van der Waals surface area (Å²) in [6.45, 7) is 0.488. The van der Waals surface area contributed by atoms with Gasteiger partial charge in [0.1, 0.15) is 6.61 Å². The topological polar surface area (TPSA) is 66.8 Å². The Morgan fingerprint density at radius 1 is 1.08 bits per heavy atom. The Hall–Kier alpha value is -2.24. The van der Waals surface area contributed by atoms with Crippen molar-refractivity contribution in [3.8, 4) is 0 Å². The van der Waals surface area contributed by atoms with E-state index in [9.17, 15) is 14.7 Å². The van der Waals surface area contributed by atoms with Crippen LogP contribution in [0.4, 0.5) is 4.79 Å². The molecule has 0 radical (unpaired) electrons. The van der Waals surface area contributed by atoms with Crippen LogP contribution in [0.15, 0.2) is 48.5 Å². The van der Waals surface area contributed by atoms with Gasteiger partial charge >= 0.3 is 12.1 Å². The lowest BCUT2D eigenvalue weighted by atomic mass is 9.89. The molecule has 1 amide bonds. The molecule has 1 aliphatic heterocycles. The lowest BCUT2D eigenvalue weighted by molar-refractivity contribution is -0.141. The molecule has 26 heavy (non-hydrogen) atoms. The molecule has 2 atom stereocenters. The predicted molar refractivity (Wildman–Crippen MR) is 98.5 cm³/mol. The smallest absolute Gasteiger partial charge is 0.410 e. The van der Waals surface area contributed by atoms with Gasteiger partial charge in [-0.15, -0.1) is 0 Å². The SMILES string of the molecule is O=C(O)[C@@H]1CN(C(=O)OCc2ccccc2)C[C@@H]1c1ccc(Cl)c(Cl)c1. The van der Waals surface area contributed by atoms with Crippen molar-refractivity contribution in [2.45, 2.75) is 12.5 Å². The Kier molecular flexibility index (Phi) is 5.69. The van der Waals surface area contributed by atoms with E-state index >= 15 is 0 Å². The summed E-state index contributed by atoms with van der Waals surface area (Å²) in [7, 11) is 0. The first-order valence-corrected chi connectivity index (χ1v) is 8.84. The normalized spacial score (nSPS) is 19.4. The number of carbonyl (C=O) groups excluding carboxylic acids is 1. The van der Waals surface area contributed by atoms with E-state index in [4.69, 9.17) is 27.9 Å². The minimum absolute atomic E-state index is 0.0911. The van der Waals surface area contributed by atoms with E-state index < -0.39 is 18.0 Å². The number of hydrogen-bond acceptors (Lipinski definition) is 3. The van der Waals surface area contributed by atoms with Crippen LogP contribution in [0, 0.1) is 5.92 Å². The van der Waals surface area contributed by atoms with E-state index in [-0.39, 0.29) is 25.6 Å². The van der Waals surface area contributed by atoms with Crippen molar-refractivity contribution in [3.63, 3.8) is 0 Å². The summed E-state index contributed by atoms with van der Waals surface area (Å²) in [4.78, 5) is 25.4. The zero-order valence-corrected chi connectivity index (χ0v) is 15.3. The van der Waals surface area contributed by atoms with Gasteiger partial charge in [-0.3, -0.25) is 4.79 Å². The number of ether oxygens (including phenoxy) is 1. The summed E-state index contributed by atoms with van der Waals surface area (Å²) in [6.07, 6.45) is -0.525. The van der Waals surface area contributed by atoms with Crippen LogP contribution in [0.5, 0.6) is 0 Å². The Morgan fingerprint density at radius 2 is 1.81 bits per heavy atom. The molecule has 7 heteroatoms. The summed E-state index contributed by atoms with van der Waals surface area (Å²) in [5.41, 5.74) is 1.61. The van der Waals surface area contributed by atoms with Gasteiger partial charge in [-0.05, 0) is 23.3 Å². The van der Waals surface area contributed by atoms with Crippen molar-refractivity contribution in [2.75, 3.05) is 13.1 Å². The molecule has 0 saturated carbocycles. The molecular formula is C19H17Cl2NO4. The quantitative estimate of drug-likeness (QED) is 0.833. The first-order chi connectivity index (χ1) is 12.5. The average molecular weight is 394 g/mol. The molecular weight excluding hydrogens is 377 g/mol. The van der Waals surface area contributed by atoms with E-state index in [1.165, 1.54) is 4.90 Å². The van der Waals surface area contributed by atoms with Crippen LogP contribution in [0.2, 0.25) is 10.0 Å². The number of amides is 1. The van der Waals surface area contributed by atoms with Crippen LogP contribution in [-0.2, 0) is 16.1 Å². The van der Waals surface area contributed by atoms with Gasteiger partial charge < -0.3 is 14.7 Å². The molecule has 5 nitrogen and oxygen atoms in total. The highest BCUT2D eigenvalue weighted by Gasteiger charge is 2.41. The number of carbonyl (C=O) groups is 2. The van der Waals surface area contributed by atoms with Crippen molar-refractivity contribution in [3.05, 3.63) is 69.7 Å². The zero-order valence-electron chi connectivity index (χ0n) is 13.8. The molecule has 0 unspecified atom stereocenters. The summed E-state index contributed by atoms with van der Waals surface area (Å²) in [6, 6.07) is 14.3. The van der Waals surface area contributed by atoms with Gasteiger partial charge in [-0.25, -0.2) is 4.79 Å². The van der Waals surface area contributed by atoms with Crippen molar-refractivity contribution in [1.82, 2.24) is 4.90 Å². The molecule has 1 aliphatic rings. The van der Waals surface area contributed by atoms with Crippen LogP contribution in [0.3, 0.4) is 0 Å².